The molecule has 1 aliphatic rings. The molecule has 2 N–H and O–H groups in total. The molecule has 7 nitrogen and oxygen atoms in total. The minimum absolute atomic E-state index is 0. The molecule has 31 heavy (non-hydrogen) atoms. The molecule has 1 atom stereocenters. The molecule has 0 bridgehead atoms. The largest absolute Gasteiger partial charge is 0.493 e. The molecule has 0 radical (unpaired) electrons. The highest BCUT2D eigenvalue weighted by molar-refractivity contribution is 14.0. The summed E-state index contributed by atoms with van der Waals surface area (Å²) in [6, 6.07) is 9.90. The molecule has 8 heteroatoms. The summed E-state index contributed by atoms with van der Waals surface area (Å²) in [5.74, 6) is 3.25. The van der Waals surface area contributed by atoms with Gasteiger partial charge < -0.3 is 29.3 Å². The van der Waals surface area contributed by atoms with E-state index in [0.717, 1.165) is 68.6 Å². The number of halogens is 1. The van der Waals surface area contributed by atoms with E-state index in [9.17, 15) is 0 Å². The van der Waals surface area contributed by atoms with Crippen LogP contribution in [0.1, 0.15) is 30.6 Å². The average Bonchev–Trinajstić information content (AvgIpc) is 3.31. The standard InChI is InChI=1S/C23H33N3O4.HI/c1-27-21-9-8-18(16-22(21)28-2)10-12-24-23(25-13-11-19-7-5-15-29-19)26-17-20-6-3-4-14-30-20;/h5,7-9,15-16,20H,3-4,6,10-14,17H2,1-2H3,(H2,24,25,26);1H. The first-order valence-electron chi connectivity index (χ1n) is 10.7. The predicted octanol–water partition coefficient (Wildman–Crippen LogP) is 3.80. The molecule has 1 fully saturated rings. The summed E-state index contributed by atoms with van der Waals surface area (Å²) < 4.78 is 21.9. The fourth-order valence-electron chi connectivity index (χ4n) is 3.44. The molecule has 0 saturated carbocycles. The second-order valence-corrected chi connectivity index (χ2v) is 7.30. The Morgan fingerprint density at radius 1 is 1.06 bits per heavy atom. The number of methoxy groups -OCH3 is 2. The van der Waals surface area contributed by atoms with Gasteiger partial charge in [0, 0.05) is 26.1 Å². The van der Waals surface area contributed by atoms with Crippen LogP contribution in [0.15, 0.2) is 46.0 Å². The third-order valence-corrected chi connectivity index (χ3v) is 5.13. The van der Waals surface area contributed by atoms with Crippen molar-refractivity contribution in [3.63, 3.8) is 0 Å². The molecule has 2 heterocycles. The van der Waals surface area contributed by atoms with Crippen LogP contribution in [0.3, 0.4) is 0 Å². The van der Waals surface area contributed by atoms with Gasteiger partial charge in [0.1, 0.15) is 5.76 Å². The number of ether oxygens (including phenoxy) is 3. The number of aliphatic imine (C=N–C) groups is 1. The van der Waals surface area contributed by atoms with E-state index in [-0.39, 0.29) is 30.1 Å². The third kappa shape index (κ3) is 8.60. The Hall–Kier alpha value is -1.94. The lowest BCUT2D eigenvalue weighted by Crippen LogP contribution is -2.40. The van der Waals surface area contributed by atoms with Crippen LogP contribution in [0.5, 0.6) is 11.5 Å². The number of benzene rings is 1. The molecule has 3 rings (SSSR count). The van der Waals surface area contributed by atoms with Gasteiger partial charge in [0.15, 0.2) is 17.5 Å². The number of guanidine groups is 1. The topological polar surface area (TPSA) is 77.2 Å². The van der Waals surface area contributed by atoms with Gasteiger partial charge in [-0.2, -0.15) is 0 Å². The van der Waals surface area contributed by atoms with Crippen LogP contribution >= 0.6 is 24.0 Å². The van der Waals surface area contributed by atoms with E-state index >= 15 is 0 Å². The first-order valence-corrected chi connectivity index (χ1v) is 10.7. The van der Waals surface area contributed by atoms with E-state index < -0.39 is 0 Å². The second-order valence-electron chi connectivity index (χ2n) is 7.30. The summed E-state index contributed by atoms with van der Waals surface area (Å²) in [7, 11) is 3.30. The Bertz CT molecular complexity index is 777. The summed E-state index contributed by atoms with van der Waals surface area (Å²) in [6.45, 7) is 3.02. The summed E-state index contributed by atoms with van der Waals surface area (Å²) in [4.78, 5) is 4.75. The van der Waals surface area contributed by atoms with Crippen molar-refractivity contribution in [2.45, 2.75) is 38.2 Å². The molecule has 1 unspecified atom stereocenters. The van der Waals surface area contributed by atoms with Crippen LogP contribution in [0.4, 0.5) is 0 Å². The zero-order chi connectivity index (χ0) is 21.0. The summed E-state index contributed by atoms with van der Waals surface area (Å²) in [5, 5.41) is 6.84. The normalized spacial score (nSPS) is 16.3. The van der Waals surface area contributed by atoms with E-state index in [4.69, 9.17) is 23.6 Å². The fraction of sp³-hybridized carbons (Fsp3) is 0.522. The molecule has 0 aliphatic carbocycles. The Morgan fingerprint density at radius 3 is 2.55 bits per heavy atom. The lowest BCUT2D eigenvalue weighted by Gasteiger charge is -2.21. The molecule has 2 aromatic rings. The number of hydrogen-bond donors (Lipinski definition) is 2. The molecule has 172 valence electrons. The van der Waals surface area contributed by atoms with E-state index in [0.29, 0.717) is 6.54 Å². The number of rotatable bonds is 10. The van der Waals surface area contributed by atoms with Crippen LogP contribution in [-0.2, 0) is 17.6 Å². The van der Waals surface area contributed by atoms with Gasteiger partial charge in [0.25, 0.3) is 0 Å². The SMILES string of the molecule is COc1ccc(CCNC(=NCC2CCCCO2)NCCc2ccco2)cc1OC.I. The number of nitrogens with zero attached hydrogens (tertiary/aromatic N) is 1. The van der Waals surface area contributed by atoms with Gasteiger partial charge in [-0.3, -0.25) is 4.99 Å². The highest BCUT2D eigenvalue weighted by Crippen LogP contribution is 2.27. The molecule has 1 saturated heterocycles. The van der Waals surface area contributed by atoms with Crippen molar-refractivity contribution in [1.82, 2.24) is 10.6 Å². The molecule has 1 aromatic heterocycles. The summed E-state index contributed by atoms with van der Waals surface area (Å²) in [5.41, 5.74) is 1.17. The lowest BCUT2D eigenvalue weighted by molar-refractivity contribution is 0.0224. The Morgan fingerprint density at radius 2 is 1.87 bits per heavy atom. The van der Waals surface area contributed by atoms with Gasteiger partial charge in [-0.05, 0) is 55.5 Å². The van der Waals surface area contributed by atoms with E-state index in [1.54, 1.807) is 20.5 Å². The molecule has 1 aromatic carbocycles. The first-order chi connectivity index (χ1) is 14.8. The molecule has 1 aliphatic heterocycles. The van der Waals surface area contributed by atoms with Crippen molar-refractivity contribution < 1.29 is 18.6 Å². The van der Waals surface area contributed by atoms with Crippen LogP contribution in [-0.4, -0.2) is 52.5 Å². The molecular weight excluding hydrogens is 509 g/mol. The maximum Gasteiger partial charge on any atom is 0.191 e. The zero-order valence-electron chi connectivity index (χ0n) is 18.4. The minimum atomic E-state index is 0. The van der Waals surface area contributed by atoms with Crippen LogP contribution in [0, 0.1) is 0 Å². The monoisotopic (exact) mass is 543 g/mol. The highest BCUT2D eigenvalue weighted by Gasteiger charge is 2.13. The van der Waals surface area contributed by atoms with Crippen molar-refractivity contribution in [3.8, 4) is 11.5 Å². The van der Waals surface area contributed by atoms with Crippen molar-refractivity contribution in [1.29, 1.82) is 0 Å². The maximum atomic E-state index is 5.81. The van der Waals surface area contributed by atoms with E-state index in [2.05, 4.69) is 16.7 Å². The van der Waals surface area contributed by atoms with Gasteiger partial charge in [0.05, 0.1) is 33.1 Å². The third-order valence-electron chi connectivity index (χ3n) is 5.13. The number of nitrogens with one attached hydrogen (secondary N) is 2. The number of furan rings is 1. The average molecular weight is 543 g/mol. The van der Waals surface area contributed by atoms with Gasteiger partial charge in [-0.1, -0.05) is 6.07 Å². The van der Waals surface area contributed by atoms with Gasteiger partial charge in [-0.15, -0.1) is 24.0 Å². The Balaban J connectivity index is 0.00000341. The lowest BCUT2D eigenvalue weighted by atomic mass is 10.1. The maximum absolute atomic E-state index is 5.81. The zero-order valence-corrected chi connectivity index (χ0v) is 20.7. The van der Waals surface area contributed by atoms with Gasteiger partial charge in [0.2, 0.25) is 0 Å². The first kappa shape index (κ1) is 25.3. The quantitative estimate of drug-likeness (QED) is 0.270. The van der Waals surface area contributed by atoms with Gasteiger partial charge >= 0.3 is 0 Å². The van der Waals surface area contributed by atoms with E-state index in [1.807, 2.05) is 24.3 Å². The van der Waals surface area contributed by atoms with Crippen molar-refractivity contribution in [3.05, 3.63) is 47.9 Å². The van der Waals surface area contributed by atoms with Crippen molar-refractivity contribution in [2.24, 2.45) is 4.99 Å². The van der Waals surface area contributed by atoms with Crippen LogP contribution in [0.25, 0.3) is 0 Å². The van der Waals surface area contributed by atoms with Crippen molar-refractivity contribution >= 4 is 29.9 Å². The summed E-state index contributed by atoms with van der Waals surface area (Å²) in [6.07, 6.45) is 7.02. The molecule has 0 spiro atoms. The molecular formula is C23H34IN3O4. The van der Waals surface area contributed by atoms with Crippen LogP contribution < -0.4 is 20.1 Å². The number of hydrogen-bond acceptors (Lipinski definition) is 5. The smallest absolute Gasteiger partial charge is 0.191 e. The van der Waals surface area contributed by atoms with Crippen LogP contribution in [0.2, 0.25) is 0 Å². The Labute approximate surface area is 202 Å². The Kier molecular flexibility index (Phi) is 11.6. The molecule has 0 amide bonds. The highest BCUT2D eigenvalue weighted by atomic mass is 127. The van der Waals surface area contributed by atoms with E-state index in [1.165, 1.54) is 12.0 Å². The predicted molar refractivity (Wildman–Crippen MR) is 133 cm³/mol. The van der Waals surface area contributed by atoms with Gasteiger partial charge in [-0.25, -0.2) is 0 Å². The summed E-state index contributed by atoms with van der Waals surface area (Å²) >= 11 is 0. The fourth-order valence-corrected chi connectivity index (χ4v) is 3.44. The minimum Gasteiger partial charge on any atom is -0.493 e. The second kappa shape index (κ2) is 14.2. The van der Waals surface area contributed by atoms with Crippen molar-refractivity contribution in [2.75, 3.05) is 40.5 Å².